The van der Waals surface area contributed by atoms with Gasteiger partial charge in [0.05, 0.1) is 33.4 Å². The minimum atomic E-state index is 0.0268. The zero-order valence-corrected chi connectivity index (χ0v) is 23.3. The number of carbonyl (C=O) groups is 1. The van der Waals surface area contributed by atoms with Crippen LogP contribution in [-0.2, 0) is 0 Å². The van der Waals surface area contributed by atoms with Gasteiger partial charge in [-0.15, -0.1) is 11.3 Å². The fourth-order valence-electron chi connectivity index (χ4n) is 5.65. The third kappa shape index (κ3) is 5.16. The van der Waals surface area contributed by atoms with E-state index in [9.17, 15) is 4.79 Å². The molecule has 2 bridgehead atoms. The van der Waals surface area contributed by atoms with Crippen molar-refractivity contribution in [3.63, 3.8) is 0 Å². The minimum Gasteiger partial charge on any atom is -0.353 e. The minimum absolute atomic E-state index is 0.0268. The molecular weight excluding hydrogens is 534 g/mol. The molecule has 2 aliphatic rings. The topological polar surface area (TPSA) is 112 Å². The molecule has 5 aromatic rings. The number of aromatic nitrogens is 5. The van der Waals surface area contributed by atoms with Crippen LogP contribution in [-0.4, -0.2) is 67.4 Å². The number of rotatable bonds is 8. The summed E-state index contributed by atoms with van der Waals surface area (Å²) in [7, 11) is 0. The van der Waals surface area contributed by atoms with Crippen LogP contribution < -0.4 is 15.5 Å². The van der Waals surface area contributed by atoms with E-state index in [1.54, 1.807) is 29.8 Å². The van der Waals surface area contributed by atoms with E-state index in [0.29, 0.717) is 43.0 Å². The molecule has 2 saturated heterocycles. The molecule has 3 unspecified atom stereocenters. The summed E-state index contributed by atoms with van der Waals surface area (Å²) in [6.45, 7) is 4.16. The quantitative estimate of drug-likeness (QED) is 0.271. The summed E-state index contributed by atoms with van der Waals surface area (Å²) in [5.41, 5.74) is 5.57. The summed E-state index contributed by atoms with van der Waals surface area (Å²) >= 11 is 1.60. The number of thiazole rings is 1. The highest BCUT2D eigenvalue weighted by atomic mass is 32.1. The number of hydrogen-bond acceptors (Lipinski definition) is 10. The molecular formula is C30H29N9OS. The van der Waals surface area contributed by atoms with Crippen molar-refractivity contribution in [2.45, 2.75) is 31.3 Å². The van der Waals surface area contributed by atoms with E-state index in [-0.39, 0.29) is 23.9 Å². The van der Waals surface area contributed by atoms with Crippen LogP contribution in [0.15, 0.2) is 78.6 Å². The van der Waals surface area contributed by atoms with E-state index in [1.807, 2.05) is 34.7 Å². The number of nitrogens with zero attached hydrogens (tertiary/aromatic N) is 7. The Bertz CT molecular complexity index is 1680. The van der Waals surface area contributed by atoms with Crippen LogP contribution in [0.4, 0.5) is 23.5 Å². The highest BCUT2D eigenvalue weighted by Gasteiger charge is 2.46. The lowest BCUT2D eigenvalue weighted by molar-refractivity contribution is 0.0724. The van der Waals surface area contributed by atoms with Crippen molar-refractivity contribution in [2.75, 3.05) is 35.2 Å². The molecule has 10 nitrogen and oxygen atoms in total. The van der Waals surface area contributed by atoms with E-state index in [2.05, 4.69) is 62.8 Å². The highest BCUT2D eigenvalue weighted by molar-refractivity contribution is 7.16. The fraction of sp³-hybridized carbons (Fsp3) is 0.267. The monoisotopic (exact) mass is 563 g/mol. The molecule has 2 fully saturated rings. The molecule has 1 amide bonds. The molecule has 3 atom stereocenters. The van der Waals surface area contributed by atoms with Crippen LogP contribution in [0.25, 0.3) is 10.2 Å². The Balaban J connectivity index is 1.13. The lowest BCUT2D eigenvalue weighted by Gasteiger charge is -2.34. The van der Waals surface area contributed by atoms with Gasteiger partial charge in [0, 0.05) is 37.7 Å². The third-order valence-corrected chi connectivity index (χ3v) is 8.60. The molecule has 0 aliphatic carbocycles. The van der Waals surface area contributed by atoms with Crippen molar-refractivity contribution in [2.24, 2.45) is 0 Å². The average molecular weight is 564 g/mol. The van der Waals surface area contributed by atoms with Gasteiger partial charge in [0.25, 0.3) is 5.91 Å². The molecule has 2 N–H and O–H groups in total. The molecule has 5 heterocycles. The first-order valence-electron chi connectivity index (χ1n) is 13.7. The fourth-order valence-corrected chi connectivity index (χ4v) is 6.37. The Labute approximate surface area is 241 Å². The number of hydrogen-bond donors (Lipinski definition) is 2. The molecule has 0 saturated carbocycles. The van der Waals surface area contributed by atoms with Crippen molar-refractivity contribution in [3.8, 4) is 0 Å². The van der Waals surface area contributed by atoms with E-state index < -0.39 is 0 Å². The maximum atomic E-state index is 13.1. The van der Waals surface area contributed by atoms with E-state index in [4.69, 9.17) is 15.0 Å². The number of amides is 1. The maximum Gasteiger partial charge on any atom is 0.255 e. The van der Waals surface area contributed by atoms with E-state index in [0.717, 1.165) is 22.3 Å². The SMILES string of the molecule is CC(CNc1nc(Nc2ccc3ncsc3c2)nc(N2CC3CC2CN3C(=O)c2cccnc2)n1)c1ccccc1. The number of piperazine rings is 1. The molecule has 206 valence electrons. The van der Waals surface area contributed by atoms with Crippen molar-refractivity contribution in [3.05, 3.63) is 89.7 Å². The van der Waals surface area contributed by atoms with Crippen LogP contribution in [0, 0.1) is 0 Å². The molecule has 2 aromatic carbocycles. The normalized spacial score (nSPS) is 18.6. The van der Waals surface area contributed by atoms with Crippen LogP contribution >= 0.6 is 11.3 Å². The third-order valence-electron chi connectivity index (χ3n) is 7.81. The van der Waals surface area contributed by atoms with Crippen LogP contribution in [0.3, 0.4) is 0 Å². The number of likely N-dealkylation sites (tertiary alicyclic amines) is 1. The highest BCUT2D eigenvalue weighted by Crippen LogP contribution is 2.35. The standard InChI is InChI=1S/C30H29N9OS/c1-19(20-6-3-2-4-7-20)14-32-28-35-29(34-22-9-10-25-26(12-22)41-18-33-25)37-30(36-28)39-17-23-13-24(39)16-38(23)27(40)21-8-5-11-31-15-21/h2-12,15,18-19,23-24H,13-14,16-17H2,1H3,(H2,32,34,35,36,37). The number of nitrogens with one attached hydrogen (secondary N) is 2. The van der Waals surface area contributed by atoms with Gasteiger partial charge in [0.2, 0.25) is 17.8 Å². The summed E-state index contributed by atoms with van der Waals surface area (Å²) in [6.07, 6.45) is 4.20. The second-order valence-electron chi connectivity index (χ2n) is 10.5. The van der Waals surface area contributed by atoms with Crippen LogP contribution in [0.1, 0.15) is 35.2 Å². The Hall–Kier alpha value is -4.64. The summed E-state index contributed by atoms with van der Waals surface area (Å²) in [5, 5.41) is 6.82. The maximum absolute atomic E-state index is 13.1. The lowest BCUT2D eigenvalue weighted by Crippen LogP contribution is -2.49. The first kappa shape index (κ1) is 25.3. The van der Waals surface area contributed by atoms with Crippen molar-refractivity contribution < 1.29 is 4.79 Å². The molecule has 11 heteroatoms. The molecule has 3 aromatic heterocycles. The Morgan fingerprint density at radius 1 is 1.02 bits per heavy atom. The van der Waals surface area contributed by atoms with Crippen molar-refractivity contribution >= 4 is 51.0 Å². The Kier molecular flexibility index (Phi) is 6.63. The zero-order chi connectivity index (χ0) is 27.8. The van der Waals surface area contributed by atoms with Gasteiger partial charge in [-0.05, 0) is 48.2 Å². The van der Waals surface area contributed by atoms with Gasteiger partial charge in [-0.3, -0.25) is 9.78 Å². The zero-order valence-electron chi connectivity index (χ0n) is 22.5. The summed E-state index contributed by atoms with van der Waals surface area (Å²) in [4.78, 5) is 40.2. The number of pyridine rings is 1. The smallest absolute Gasteiger partial charge is 0.255 e. The molecule has 0 radical (unpaired) electrons. The van der Waals surface area contributed by atoms with Gasteiger partial charge in [0.15, 0.2) is 0 Å². The summed E-state index contributed by atoms with van der Waals surface area (Å²) < 4.78 is 1.09. The van der Waals surface area contributed by atoms with E-state index >= 15 is 0 Å². The molecule has 41 heavy (non-hydrogen) atoms. The number of benzene rings is 2. The molecule has 0 spiro atoms. The summed E-state index contributed by atoms with van der Waals surface area (Å²) in [5.74, 6) is 1.90. The number of anilines is 4. The predicted octanol–water partition coefficient (Wildman–Crippen LogP) is 4.94. The summed E-state index contributed by atoms with van der Waals surface area (Å²) in [6, 6.07) is 20.3. The van der Waals surface area contributed by atoms with Gasteiger partial charge in [-0.25, -0.2) is 4.98 Å². The van der Waals surface area contributed by atoms with Crippen molar-refractivity contribution in [1.82, 2.24) is 29.8 Å². The first-order valence-corrected chi connectivity index (χ1v) is 14.6. The van der Waals surface area contributed by atoms with E-state index in [1.165, 1.54) is 5.56 Å². The van der Waals surface area contributed by atoms with Gasteiger partial charge >= 0.3 is 0 Å². The largest absolute Gasteiger partial charge is 0.353 e. The number of fused-ring (bicyclic) bond motifs is 3. The van der Waals surface area contributed by atoms with Gasteiger partial charge in [0.1, 0.15) is 0 Å². The second kappa shape index (κ2) is 10.7. The van der Waals surface area contributed by atoms with Crippen LogP contribution in [0.5, 0.6) is 0 Å². The second-order valence-corrected chi connectivity index (χ2v) is 11.4. The first-order chi connectivity index (χ1) is 20.1. The molecule has 2 aliphatic heterocycles. The Morgan fingerprint density at radius 3 is 2.71 bits per heavy atom. The van der Waals surface area contributed by atoms with Gasteiger partial charge < -0.3 is 20.4 Å². The van der Waals surface area contributed by atoms with Gasteiger partial charge in [-0.2, -0.15) is 15.0 Å². The predicted molar refractivity (Wildman–Crippen MR) is 161 cm³/mol. The lowest BCUT2D eigenvalue weighted by atomic mass is 10.0. The molecule has 7 rings (SSSR count). The van der Waals surface area contributed by atoms with Crippen molar-refractivity contribution in [1.29, 1.82) is 0 Å². The number of carbonyl (C=O) groups excluding carboxylic acids is 1. The van der Waals surface area contributed by atoms with Crippen LogP contribution in [0.2, 0.25) is 0 Å². The van der Waals surface area contributed by atoms with Gasteiger partial charge in [-0.1, -0.05) is 37.3 Å². The Morgan fingerprint density at radius 2 is 1.90 bits per heavy atom. The average Bonchev–Trinajstić information content (AvgIpc) is 3.76.